The van der Waals surface area contributed by atoms with Gasteiger partial charge < -0.3 is 9.80 Å². The zero-order valence-electron chi connectivity index (χ0n) is 36.4. The summed E-state index contributed by atoms with van der Waals surface area (Å²) in [4.78, 5) is 4.78. The Hall–Kier alpha value is -5.80. The zero-order chi connectivity index (χ0) is 41.0. The summed E-state index contributed by atoms with van der Waals surface area (Å²) in [7, 11) is 0. The molecular formula is C52H43BN2. The lowest BCUT2D eigenvalue weighted by molar-refractivity contribution is 0.0990. The van der Waals surface area contributed by atoms with E-state index in [-0.39, 0.29) is 58.7 Å². The third-order valence-corrected chi connectivity index (χ3v) is 15.0. The molecule has 0 N–H and O–H groups in total. The van der Waals surface area contributed by atoms with Crippen molar-refractivity contribution in [1.82, 2.24) is 0 Å². The van der Waals surface area contributed by atoms with Gasteiger partial charge >= 0.3 is 0 Å². The first-order valence-corrected chi connectivity index (χ1v) is 19.8. The van der Waals surface area contributed by atoms with Gasteiger partial charge in [-0.3, -0.25) is 0 Å². The number of hydrogen-bond donors (Lipinski definition) is 0. The highest BCUT2D eigenvalue weighted by Crippen LogP contribution is 2.78. The summed E-state index contributed by atoms with van der Waals surface area (Å²) >= 11 is 0. The van der Waals surface area contributed by atoms with Gasteiger partial charge in [0.25, 0.3) is 6.71 Å². The predicted molar refractivity (Wildman–Crippen MR) is 231 cm³/mol. The van der Waals surface area contributed by atoms with E-state index in [0.717, 1.165) is 45.0 Å². The maximum absolute atomic E-state index is 8.96. The Morgan fingerprint density at radius 1 is 0.582 bits per heavy atom. The molecule has 2 fully saturated rings. The largest absolute Gasteiger partial charge is 0.311 e. The highest BCUT2D eigenvalue weighted by molar-refractivity contribution is 7.00. The van der Waals surface area contributed by atoms with Crippen LogP contribution in [-0.2, 0) is 5.41 Å². The van der Waals surface area contributed by atoms with Crippen LogP contribution >= 0.6 is 0 Å². The lowest BCUT2D eigenvalue weighted by atomic mass is 9.33. The van der Waals surface area contributed by atoms with Crippen LogP contribution in [-0.4, -0.2) is 6.71 Å². The minimum Gasteiger partial charge on any atom is -0.311 e. The molecule has 55 heavy (non-hydrogen) atoms. The molecule has 7 aromatic rings. The van der Waals surface area contributed by atoms with Gasteiger partial charge in [0.15, 0.2) is 0 Å². The molecule has 0 amide bonds. The van der Waals surface area contributed by atoms with Crippen molar-refractivity contribution in [3.05, 3.63) is 175 Å². The monoisotopic (exact) mass is 711 g/mol. The van der Waals surface area contributed by atoms with E-state index >= 15 is 0 Å². The van der Waals surface area contributed by atoms with E-state index in [2.05, 4.69) is 158 Å². The van der Waals surface area contributed by atoms with Gasteiger partial charge in [0, 0.05) is 39.5 Å². The first-order valence-electron chi connectivity index (χ1n) is 22.3. The van der Waals surface area contributed by atoms with Crippen LogP contribution in [0.3, 0.4) is 0 Å². The first kappa shape index (κ1) is 26.9. The Bertz CT molecular complexity index is 2990. The molecule has 264 valence electrons. The molecule has 2 nitrogen and oxygen atoms in total. The van der Waals surface area contributed by atoms with Crippen LogP contribution in [0.1, 0.15) is 58.0 Å². The maximum Gasteiger partial charge on any atom is 0.252 e. The Balaban J connectivity index is 1.13. The molecule has 3 atom stereocenters. The summed E-state index contributed by atoms with van der Waals surface area (Å²) in [6.07, 6.45) is 3.70. The fourth-order valence-electron chi connectivity index (χ4n) is 12.2. The van der Waals surface area contributed by atoms with Gasteiger partial charge in [-0.05, 0) is 134 Å². The lowest BCUT2D eigenvalue weighted by Crippen LogP contribution is -2.61. The number of fused-ring (bicyclic) bond motifs is 12. The Labute approximate surface area is 332 Å². The second kappa shape index (κ2) is 10.9. The van der Waals surface area contributed by atoms with E-state index in [0.29, 0.717) is 11.5 Å². The molecule has 5 aliphatic rings. The van der Waals surface area contributed by atoms with Crippen molar-refractivity contribution in [3.8, 4) is 22.3 Å². The Morgan fingerprint density at radius 3 is 2.05 bits per heavy atom. The van der Waals surface area contributed by atoms with Crippen molar-refractivity contribution < 1.29 is 6.85 Å². The van der Waals surface area contributed by atoms with E-state index in [1.807, 2.05) is 6.07 Å². The predicted octanol–water partition coefficient (Wildman–Crippen LogP) is 11.5. The summed E-state index contributed by atoms with van der Waals surface area (Å²) in [5.74, 6) is 0.676. The van der Waals surface area contributed by atoms with Crippen LogP contribution in [0, 0.1) is 16.7 Å². The van der Waals surface area contributed by atoms with Crippen LogP contribution in [0.4, 0.5) is 34.1 Å². The molecule has 1 spiro atoms. The molecule has 0 aromatic heterocycles. The second-order valence-corrected chi connectivity index (χ2v) is 17.2. The van der Waals surface area contributed by atoms with Crippen molar-refractivity contribution in [2.45, 2.75) is 45.4 Å². The highest BCUT2D eigenvalue weighted by atomic mass is 15.2. The fraction of sp³-hybridized carbons (Fsp3) is 0.192. The number of nitrogens with zero attached hydrogens (tertiary/aromatic N) is 2. The molecule has 2 bridgehead atoms. The minimum atomic E-state index is -0.387. The van der Waals surface area contributed by atoms with Crippen LogP contribution in [0.5, 0.6) is 0 Å². The Morgan fingerprint density at radius 2 is 1.27 bits per heavy atom. The molecule has 3 heteroatoms. The van der Waals surface area contributed by atoms with E-state index in [9.17, 15) is 0 Å². The average Bonchev–Trinajstić information content (AvgIpc) is 3.75. The van der Waals surface area contributed by atoms with Crippen molar-refractivity contribution in [2.24, 2.45) is 16.7 Å². The smallest absolute Gasteiger partial charge is 0.252 e. The van der Waals surface area contributed by atoms with Crippen molar-refractivity contribution in [1.29, 1.82) is 0 Å². The standard InChI is InChI=1S/C52H43BN2/c1-50(2)36-29-30-51(50,3)52(33-36)41-20-11-10-19-39(41)40-32-38(26-27-42(40)52)55-46-28-25-35(34-15-6-4-7-16-34)31-44(46)53-43-21-12-13-22-45(43)54(37-17-8-5-9-18-37)47-23-14-24-48(55)49(47)53/h4-28,31-32,36H,29-30,33H2,1-3H3/i4D,6D,7D,15D,16D. The SMILES string of the molecule is [2H]c1c([2H])c([2H])c(-c2ccc3c(c2)B2c4ccccc4N(c4ccccc4)c4cccc(c42)N3c2ccc3c(c2)-c2ccccc2C32CC3CCC2(C)C3(C)C)c([2H])c1[2H]. The molecular weight excluding hydrogens is 663 g/mol. The number of rotatable bonds is 3. The lowest BCUT2D eigenvalue weighted by Gasteiger charge is -2.48. The zero-order valence-corrected chi connectivity index (χ0v) is 31.4. The van der Waals surface area contributed by atoms with Crippen LogP contribution < -0.4 is 26.2 Å². The molecule has 12 rings (SSSR count). The van der Waals surface area contributed by atoms with E-state index < -0.39 is 0 Å². The van der Waals surface area contributed by atoms with E-state index in [4.69, 9.17) is 6.85 Å². The summed E-state index contributed by atoms with van der Waals surface area (Å²) in [5, 5.41) is 0. The summed E-state index contributed by atoms with van der Waals surface area (Å²) < 4.78 is 43.3. The fourth-order valence-corrected chi connectivity index (χ4v) is 12.2. The Kier molecular flexibility index (Phi) is 5.34. The second-order valence-electron chi connectivity index (χ2n) is 17.2. The number of para-hydroxylation sites is 2. The van der Waals surface area contributed by atoms with Gasteiger partial charge in [-0.25, -0.2) is 0 Å². The number of anilines is 6. The van der Waals surface area contributed by atoms with E-state index in [1.165, 1.54) is 47.0 Å². The highest BCUT2D eigenvalue weighted by Gasteiger charge is 2.71. The third kappa shape index (κ3) is 3.86. The molecule has 7 aromatic carbocycles. The van der Waals surface area contributed by atoms with Gasteiger partial charge in [0.2, 0.25) is 0 Å². The molecule has 3 unspecified atom stereocenters. The molecule has 2 aliphatic heterocycles. The van der Waals surface area contributed by atoms with Crippen molar-refractivity contribution in [3.63, 3.8) is 0 Å². The first-order chi connectivity index (χ1) is 29.0. The topological polar surface area (TPSA) is 6.48 Å². The van der Waals surface area contributed by atoms with Gasteiger partial charge in [-0.1, -0.05) is 136 Å². The van der Waals surface area contributed by atoms with Gasteiger partial charge in [-0.2, -0.15) is 0 Å². The minimum absolute atomic E-state index is 0.0422. The molecule has 2 saturated carbocycles. The number of benzene rings is 7. The van der Waals surface area contributed by atoms with Gasteiger partial charge in [0.05, 0.1) is 6.85 Å². The quantitative estimate of drug-likeness (QED) is 0.168. The van der Waals surface area contributed by atoms with Crippen molar-refractivity contribution >= 4 is 57.2 Å². The maximum atomic E-state index is 8.96. The molecule has 3 aliphatic carbocycles. The summed E-state index contributed by atoms with van der Waals surface area (Å²) in [6, 6.07) is 46.9. The van der Waals surface area contributed by atoms with Crippen LogP contribution in [0.25, 0.3) is 22.3 Å². The van der Waals surface area contributed by atoms with Gasteiger partial charge in [0.1, 0.15) is 0 Å². The van der Waals surface area contributed by atoms with Crippen LogP contribution in [0.15, 0.2) is 164 Å². The van der Waals surface area contributed by atoms with Gasteiger partial charge in [-0.15, -0.1) is 0 Å². The summed E-state index contributed by atoms with van der Waals surface area (Å²) in [5.41, 5.74) is 16.5. The average molecular weight is 712 g/mol. The number of hydrogen-bond acceptors (Lipinski definition) is 2. The normalized spacial score (nSPS) is 24.2. The van der Waals surface area contributed by atoms with Crippen LogP contribution in [0.2, 0.25) is 0 Å². The molecule has 0 saturated heterocycles. The summed E-state index contributed by atoms with van der Waals surface area (Å²) in [6.45, 7) is 7.42. The molecule has 0 radical (unpaired) electrons. The van der Waals surface area contributed by atoms with Crippen molar-refractivity contribution in [2.75, 3.05) is 9.80 Å². The molecule has 2 heterocycles. The van der Waals surface area contributed by atoms with E-state index in [1.54, 1.807) is 0 Å². The third-order valence-electron chi connectivity index (χ3n) is 15.0.